The van der Waals surface area contributed by atoms with Gasteiger partial charge in [0.25, 0.3) is 0 Å². The lowest BCUT2D eigenvalue weighted by molar-refractivity contribution is 0.0770. The summed E-state index contributed by atoms with van der Waals surface area (Å²) in [7, 11) is 0. The minimum atomic E-state index is 0.276. The molecular formula is C15H19BrN2O. The van der Waals surface area contributed by atoms with Gasteiger partial charge < -0.3 is 5.11 Å². The molecule has 0 radical (unpaired) electrons. The molecule has 0 aliphatic carbocycles. The molecular weight excluding hydrogens is 304 g/mol. The zero-order valence-corrected chi connectivity index (χ0v) is 12.7. The number of likely N-dealkylation sites (tertiary alicyclic amines) is 1. The smallest absolute Gasteiger partial charge is 0.0992 e. The zero-order chi connectivity index (χ0) is 13.8. The van der Waals surface area contributed by atoms with Crippen molar-refractivity contribution in [2.75, 3.05) is 13.2 Å². The molecule has 1 heterocycles. The Morgan fingerprint density at radius 2 is 2.26 bits per heavy atom. The van der Waals surface area contributed by atoms with E-state index in [0.717, 1.165) is 30.4 Å². The van der Waals surface area contributed by atoms with E-state index in [-0.39, 0.29) is 6.61 Å². The first kappa shape index (κ1) is 14.5. The lowest BCUT2D eigenvalue weighted by Gasteiger charge is -2.37. The highest BCUT2D eigenvalue weighted by molar-refractivity contribution is 9.10. The summed E-state index contributed by atoms with van der Waals surface area (Å²) in [6, 6.07) is 8.43. The van der Waals surface area contributed by atoms with Crippen molar-refractivity contribution in [2.24, 2.45) is 5.92 Å². The van der Waals surface area contributed by atoms with Gasteiger partial charge in [-0.05, 0) is 43.4 Å². The van der Waals surface area contributed by atoms with Gasteiger partial charge in [0.1, 0.15) is 0 Å². The van der Waals surface area contributed by atoms with Crippen LogP contribution in [-0.4, -0.2) is 29.2 Å². The molecule has 1 N–H and O–H groups in total. The third-order valence-corrected chi connectivity index (χ3v) is 4.66. The van der Waals surface area contributed by atoms with Crippen molar-refractivity contribution >= 4 is 15.9 Å². The minimum Gasteiger partial charge on any atom is -0.396 e. The van der Waals surface area contributed by atoms with Gasteiger partial charge in [0.15, 0.2) is 0 Å². The number of aliphatic hydroxyl groups is 1. The summed E-state index contributed by atoms with van der Waals surface area (Å²) < 4.78 is 0.991. The van der Waals surface area contributed by atoms with Gasteiger partial charge in [-0.25, -0.2) is 0 Å². The fraction of sp³-hybridized carbons (Fsp3) is 0.533. The van der Waals surface area contributed by atoms with Gasteiger partial charge in [-0.15, -0.1) is 0 Å². The monoisotopic (exact) mass is 322 g/mol. The first-order valence-electron chi connectivity index (χ1n) is 6.67. The van der Waals surface area contributed by atoms with Gasteiger partial charge >= 0.3 is 0 Å². The molecule has 1 fully saturated rings. The third-order valence-electron chi connectivity index (χ3n) is 3.92. The normalized spacial score (nSPS) is 24.1. The summed E-state index contributed by atoms with van der Waals surface area (Å²) in [5.74, 6) is 0.397. The molecule has 1 aliphatic heterocycles. The van der Waals surface area contributed by atoms with E-state index in [1.807, 2.05) is 18.2 Å². The van der Waals surface area contributed by atoms with Crippen molar-refractivity contribution in [2.45, 2.75) is 32.4 Å². The van der Waals surface area contributed by atoms with E-state index in [4.69, 9.17) is 5.26 Å². The average molecular weight is 323 g/mol. The summed E-state index contributed by atoms with van der Waals surface area (Å²) in [6.45, 7) is 4.33. The molecule has 1 aromatic rings. The van der Waals surface area contributed by atoms with E-state index in [1.54, 1.807) is 0 Å². The van der Waals surface area contributed by atoms with Crippen molar-refractivity contribution in [1.82, 2.24) is 4.90 Å². The maximum absolute atomic E-state index is 9.31. The van der Waals surface area contributed by atoms with Crippen LogP contribution < -0.4 is 0 Å². The number of rotatable bonds is 3. The van der Waals surface area contributed by atoms with Crippen molar-refractivity contribution in [1.29, 1.82) is 5.26 Å². The zero-order valence-electron chi connectivity index (χ0n) is 11.1. The van der Waals surface area contributed by atoms with E-state index in [1.165, 1.54) is 5.56 Å². The van der Waals surface area contributed by atoms with Crippen LogP contribution in [0, 0.1) is 17.2 Å². The Labute approximate surface area is 123 Å². The van der Waals surface area contributed by atoms with Crippen LogP contribution in [0.2, 0.25) is 0 Å². The predicted molar refractivity (Wildman–Crippen MR) is 78.5 cm³/mol. The molecule has 1 aliphatic rings. The van der Waals surface area contributed by atoms with Gasteiger partial charge in [0.2, 0.25) is 0 Å². The second kappa shape index (κ2) is 6.51. The maximum atomic E-state index is 9.31. The molecule has 2 unspecified atom stereocenters. The van der Waals surface area contributed by atoms with Gasteiger partial charge in [-0.2, -0.15) is 5.26 Å². The Morgan fingerprint density at radius 3 is 2.89 bits per heavy atom. The van der Waals surface area contributed by atoms with E-state index >= 15 is 0 Å². The van der Waals surface area contributed by atoms with Crippen LogP contribution in [0.1, 0.15) is 30.9 Å². The van der Waals surface area contributed by atoms with Crippen molar-refractivity contribution in [3.63, 3.8) is 0 Å². The van der Waals surface area contributed by atoms with Crippen LogP contribution in [0.5, 0.6) is 0 Å². The maximum Gasteiger partial charge on any atom is 0.0992 e. The molecule has 102 valence electrons. The molecule has 1 aromatic carbocycles. The number of benzene rings is 1. The fourth-order valence-corrected chi connectivity index (χ4v) is 3.10. The molecule has 0 aromatic heterocycles. The van der Waals surface area contributed by atoms with Crippen molar-refractivity contribution in [3.05, 3.63) is 33.8 Å². The summed E-state index contributed by atoms with van der Waals surface area (Å²) in [5, 5.41) is 18.2. The summed E-state index contributed by atoms with van der Waals surface area (Å²) in [5.41, 5.74) is 1.87. The molecule has 0 spiro atoms. The van der Waals surface area contributed by atoms with Crippen LogP contribution in [0.4, 0.5) is 0 Å². The lowest BCUT2D eigenvalue weighted by Crippen LogP contribution is -2.42. The minimum absolute atomic E-state index is 0.276. The highest BCUT2D eigenvalue weighted by Crippen LogP contribution is 2.26. The van der Waals surface area contributed by atoms with Crippen LogP contribution in [0.3, 0.4) is 0 Å². The first-order valence-corrected chi connectivity index (χ1v) is 7.46. The largest absolute Gasteiger partial charge is 0.396 e. The molecule has 19 heavy (non-hydrogen) atoms. The molecule has 1 saturated heterocycles. The fourth-order valence-electron chi connectivity index (χ4n) is 2.60. The molecule has 0 amide bonds. The third kappa shape index (κ3) is 3.56. The number of halogens is 1. The molecule has 2 rings (SSSR count). The van der Waals surface area contributed by atoms with Gasteiger partial charge in [0, 0.05) is 30.2 Å². The van der Waals surface area contributed by atoms with E-state index < -0.39 is 0 Å². The van der Waals surface area contributed by atoms with E-state index in [2.05, 4.69) is 33.8 Å². The van der Waals surface area contributed by atoms with Crippen LogP contribution in [0.15, 0.2) is 22.7 Å². The van der Waals surface area contributed by atoms with Gasteiger partial charge in [-0.1, -0.05) is 22.0 Å². The van der Waals surface area contributed by atoms with Crippen molar-refractivity contribution < 1.29 is 5.11 Å². The van der Waals surface area contributed by atoms with Crippen LogP contribution >= 0.6 is 15.9 Å². The second-order valence-corrected chi connectivity index (χ2v) is 6.18. The number of piperidine rings is 1. The molecule has 0 saturated carbocycles. The highest BCUT2D eigenvalue weighted by atomic mass is 79.9. The first-order chi connectivity index (χ1) is 9.13. The summed E-state index contributed by atoms with van der Waals surface area (Å²) in [6.07, 6.45) is 2.25. The standard InChI is InChI=1S/C15H19BrN2O/c1-11-2-3-13(10-19)8-18(11)9-14-5-4-12(7-17)6-15(14)16/h4-6,11,13,19H,2-3,8-10H2,1H3. The average Bonchev–Trinajstić information content (AvgIpc) is 2.43. The Kier molecular flexibility index (Phi) is 4.98. The molecule has 2 atom stereocenters. The number of aliphatic hydroxyl groups excluding tert-OH is 1. The SMILES string of the molecule is CC1CCC(CO)CN1Cc1ccc(C#N)cc1Br. The Morgan fingerprint density at radius 1 is 1.47 bits per heavy atom. The molecule has 0 bridgehead atoms. The Hall–Kier alpha value is -0.890. The van der Waals surface area contributed by atoms with Crippen LogP contribution in [0.25, 0.3) is 0 Å². The second-order valence-electron chi connectivity index (χ2n) is 5.32. The quantitative estimate of drug-likeness (QED) is 0.930. The number of nitrogens with zero attached hydrogens (tertiary/aromatic N) is 2. The summed E-state index contributed by atoms with van der Waals surface area (Å²) >= 11 is 3.54. The predicted octanol–water partition coefficient (Wildman–Crippen LogP) is 2.91. The number of nitriles is 1. The molecule has 3 nitrogen and oxygen atoms in total. The Bertz CT molecular complexity index is 484. The Balaban J connectivity index is 2.09. The topological polar surface area (TPSA) is 47.3 Å². The van der Waals surface area contributed by atoms with Gasteiger partial charge in [0.05, 0.1) is 11.6 Å². The number of hydrogen-bond acceptors (Lipinski definition) is 3. The van der Waals surface area contributed by atoms with E-state index in [9.17, 15) is 5.11 Å². The molecule has 4 heteroatoms. The van der Waals surface area contributed by atoms with E-state index in [0.29, 0.717) is 17.5 Å². The van der Waals surface area contributed by atoms with Crippen LogP contribution in [-0.2, 0) is 6.54 Å². The van der Waals surface area contributed by atoms with Crippen molar-refractivity contribution in [3.8, 4) is 6.07 Å². The van der Waals surface area contributed by atoms with Gasteiger partial charge in [-0.3, -0.25) is 4.90 Å². The highest BCUT2D eigenvalue weighted by Gasteiger charge is 2.25. The number of hydrogen-bond donors (Lipinski definition) is 1. The lowest BCUT2D eigenvalue weighted by atomic mass is 9.93. The summed E-state index contributed by atoms with van der Waals surface area (Å²) in [4.78, 5) is 2.41.